The Bertz CT molecular complexity index is 389. The summed E-state index contributed by atoms with van der Waals surface area (Å²) < 4.78 is 10.4. The molecule has 0 aromatic heterocycles. The molecule has 1 atom stereocenters. The summed E-state index contributed by atoms with van der Waals surface area (Å²) in [5.74, 6) is -0.358. The molecule has 106 valence electrons. The maximum atomic E-state index is 11.2. The molecule has 0 amide bonds. The molecule has 1 aromatic carbocycles. The fraction of sp³-hybridized carbons (Fsp3) is 0.533. The molecule has 0 saturated carbocycles. The lowest BCUT2D eigenvalue weighted by atomic mass is 9.95. The van der Waals surface area contributed by atoms with Gasteiger partial charge in [-0.25, -0.2) is 0 Å². The summed E-state index contributed by atoms with van der Waals surface area (Å²) in [7, 11) is 1.61. The maximum Gasteiger partial charge on any atom is 0.306 e. The number of methoxy groups -OCH3 is 1. The molecule has 4 heteroatoms. The van der Waals surface area contributed by atoms with Crippen molar-refractivity contribution in [2.75, 3.05) is 20.3 Å². The number of carboxylic acids is 1. The molecule has 0 aliphatic rings. The van der Waals surface area contributed by atoms with Crippen LogP contribution in [0.2, 0.25) is 0 Å². The van der Waals surface area contributed by atoms with Gasteiger partial charge < -0.3 is 14.6 Å². The number of hydrogen-bond donors (Lipinski definition) is 1. The third kappa shape index (κ3) is 5.75. The highest BCUT2D eigenvalue weighted by Gasteiger charge is 2.17. The molecule has 1 rings (SSSR count). The molecule has 0 spiro atoms. The van der Waals surface area contributed by atoms with Crippen molar-refractivity contribution in [3.8, 4) is 5.75 Å². The third-order valence-corrected chi connectivity index (χ3v) is 3.01. The van der Waals surface area contributed by atoms with E-state index >= 15 is 0 Å². The zero-order valence-corrected chi connectivity index (χ0v) is 11.6. The van der Waals surface area contributed by atoms with Gasteiger partial charge in [-0.15, -0.1) is 0 Å². The first kappa shape index (κ1) is 15.5. The summed E-state index contributed by atoms with van der Waals surface area (Å²) in [5.41, 5.74) is 0.989. The highest BCUT2D eigenvalue weighted by atomic mass is 16.5. The molecule has 0 heterocycles. The number of ether oxygens (including phenoxy) is 2. The van der Waals surface area contributed by atoms with E-state index in [1.807, 2.05) is 31.2 Å². The number of carbonyl (C=O) groups is 1. The molecule has 0 bridgehead atoms. The summed E-state index contributed by atoms with van der Waals surface area (Å²) in [6, 6.07) is 7.56. The standard InChI is InChI=1S/C15H22O4/c1-3-19-9-5-7-13(15(16)17)10-12-6-4-8-14(11-12)18-2/h4,6,8,11,13H,3,5,7,9-10H2,1-2H3,(H,16,17). The molecule has 1 unspecified atom stereocenters. The fourth-order valence-corrected chi connectivity index (χ4v) is 1.97. The molecular weight excluding hydrogens is 244 g/mol. The summed E-state index contributed by atoms with van der Waals surface area (Å²) in [6.07, 6.45) is 1.93. The Balaban J connectivity index is 2.54. The van der Waals surface area contributed by atoms with Crippen molar-refractivity contribution in [3.05, 3.63) is 29.8 Å². The van der Waals surface area contributed by atoms with Crippen LogP contribution in [0.15, 0.2) is 24.3 Å². The minimum atomic E-state index is -0.751. The van der Waals surface area contributed by atoms with Crippen molar-refractivity contribution in [1.29, 1.82) is 0 Å². The van der Waals surface area contributed by atoms with Crippen molar-refractivity contribution in [2.24, 2.45) is 5.92 Å². The predicted octanol–water partition coefficient (Wildman–Crippen LogP) is 2.76. The summed E-state index contributed by atoms with van der Waals surface area (Å²) in [6.45, 7) is 3.23. The number of rotatable bonds is 9. The van der Waals surface area contributed by atoms with Gasteiger partial charge in [0.25, 0.3) is 0 Å². The SMILES string of the molecule is CCOCCCC(Cc1cccc(OC)c1)C(=O)O. The third-order valence-electron chi connectivity index (χ3n) is 3.01. The van der Waals surface area contributed by atoms with E-state index < -0.39 is 5.97 Å². The van der Waals surface area contributed by atoms with Crippen LogP contribution in [0.1, 0.15) is 25.3 Å². The molecule has 0 fully saturated rings. The molecular formula is C15H22O4. The van der Waals surface area contributed by atoms with E-state index in [-0.39, 0.29) is 5.92 Å². The zero-order valence-electron chi connectivity index (χ0n) is 11.6. The van der Waals surface area contributed by atoms with Gasteiger partial charge in [0.05, 0.1) is 13.0 Å². The van der Waals surface area contributed by atoms with E-state index in [4.69, 9.17) is 9.47 Å². The monoisotopic (exact) mass is 266 g/mol. The molecule has 0 saturated heterocycles. The van der Waals surface area contributed by atoms with Crippen LogP contribution < -0.4 is 4.74 Å². The predicted molar refractivity (Wildman–Crippen MR) is 73.6 cm³/mol. The van der Waals surface area contributed by atoms with E-state index in [0.29, 0.717) is 26.1 Å². The topological polar surface area (TPSA) is 55.8 Å². The second kappa shape index (κ2) is 8.53. The maximum absolute atomic E-state index is 11.2. The van der Waals surface area contributed by atoms with Crippen molar-refractivity contribution >= 4 is 5.97 Å². The van der Waals surface area contributed by atoms with E-state index in [1.54, 1.807) is 7.11 Å². The Hall–Kier alpha value is -1.55. The number of benzene rings is 1. The van der Waals surface area contributed by atoms with Crippen molar-refractivity contribution in [1.82, 2.24) is 0 Å². The van der Waals surface area contributed by atoms with Gasteiger partial charge >= 0.3 is 5.97 Å². The van der Waals surface area contributed by atoms with E-state index in [0.717, 1.165) is 17.7 Å². The summed E-state index contributed by atoms with van der Waals surface area (Å²) >= 11 is 0. The minimum absolute atomic E-state index is 0.368. The Labute approximate surface area is 114 Å². The van der Waals surface area contributed by atoms with Crippen molar-refractivity contribution < 1.29 is 19.4 Å². The van der Waals surface area contributed by atoms with Crippen LogP contribution in [0.3, 0.4) is 0 Å². The van der Waals surface area contributed by atoms with Gasteiger partial charge in [0, 0.05) is 13.2 Å². The molecule has 0 aliphatic carbocycles. The molecule has 0 radical (unpaired) electrons. The normalized spacial score (nSPS) is 12.1. The largest absolute Gasteiger partial charge is 0.497 e. The fourth-order valence-electron chi connectivity index (χ4n) is 1.97. The quantitative estimate of drug-likeness (QED) is 0.698. The molecule has 1 aromatic rings. The Morgan fingerprint density at radius 2 is 2.21 bits per heavy atom. The van der Waals surface area contributed by atoms with Crippen LogP contribution in [-0.2, 0) is 16.0 Å². The van der Waals surface area contributed by atoms with Crippen molar-refractivity contribution in [2.45, 2.75) is 26.2 Å². The van der Waals surface area contributed by atoms with Crippen LogP contribution in [-0.4, -0.2) is 31.4 Å². The van der Waals surface area contributed by atoms with E-state index in [9.17, 15) is 9.90 Å². The number of carboxylic acid groups (broad SMARTS) is 1. The molecule has 1 N–H and O–H groups in total. The van der Waals surface area contributed by atoms with Gasteiger partial charge in [-0.1, -0.05) is 12.1 Å². The minimum Gasteiger partial charge on any atom is -0.497 e. The van der Waals surface area contributed by atoms with E-state index in [2.05, 4.69) is 0 Å². The molecule has 4 nitrogen and oxygen atoms in total. The Kier molecular flexibility index (Phi) is 6.97. The van der Waals surface area contributed by atoms with Gasteiger partial charge in [-0.05, 0) is 43.9 Å². The molecule has 0 aliphatic heterocycles. The average molecular weight is 266 g/mol. The highest BCUT2D eigenvalue weighted by Crippen LogP contribution is 2.19. The Morgan fingerprint density at radius 1 is 1.42 bits per heavy atom. The smallest absolute Gasteiger partial charge is 0.306 e. The van der Waals surface area contributed by atoms with Crippen LogP contribution in [0, 0.1) is 5.92 Å². The summed E-state index contributed by atoms with van der Waals surface area (Å²) in [5, 5.41) is 9.25. The summed E-state index contributed by atoms with van der Waals surface area (Å²) in [4.78, 5) is 11.2. The first-order valence-electron chi connectivity index (χ1n) is 6.60. The van der Waals surface area contributed by atoms with Crippen LogP contribution in [0.4, 0.5) is 0 Å². The first-order chi connectivity index (χ1) is 9.17. The van der Waals surface area contributed by atoms with Crippen LogP contribution >= 0.6 is 0 Å². The highest BCUT2D eigenvalue weighted by molar-refractivity contribution is 5.70. The second-order valence-corrected chi connectivity index (χ2v) is 4.43. The lowest BCUT2D eigenvalue weighted by Crippen LogP contribution is -2.17. The van der Waals surface area contributed by atoms with Crippen molar-refractivity contribution in [3.63, 3.8) is 0 Å². The lowest BCUT2D eigenvalue weighted by Gasteiger charge is -2.13. The molecule has 19 heavy (non-hydrogen) atoms. The lowest BCUT2D eigenvalue weighted by molar-refractivity contribution is -0.142. The van der Waals surface area contributed by atoms with Gasteiger partial charge in [0.15, 0.2) is 0 Å². The Morgan fingerprint density at radius 3 is 2.84 bits per heavy atom. The van der Waals surface area contributed by atoms with Gasteiger partial charge in [-0.3, -0.25) is 4.79 Å². The zero-order chi connectivity index (χ0) is 14.1. The van der Waals surface area contributed by atoms with E-state index in [1.165, 1.54) is 0 Å². The first-order valence-corrected chi connectivity index (χ1v) is 6.60. The van der Waals surface area contributed by atoms with Crippen LogP contribution in [0.5, 0.6) is 5.75 Å². The number of hydrogen-bond acceptors (Lipinski definition) is 3. The second-order valence-electron chi connectivity index (χ2n) is 4.43. The van der Waals surface area contributed by atoms with Gasteiger partial charge in [0.2, 0.25) is 0 Å². The average Bonchev–Trinajstić information content (AvgIpc) is 2.42. The van der Waals surface area contributed by atoms with Crippen LogP contribution in [0.25, 0.3) is 0 Å². The van der Waals surface area contributed by atoms with Gasteiger partial charge in [0.1, 0.15) is 5.75 Å². The van der Waals surface area contributed by atoms with Gasteiger partial charge in [-0.2, -0.15) is 0 Å². The number of aliphatic carboxylic acids is 1.